The van der Waals surface area contributed by atoms with Crippen molar-refractivity contribution in [2.24, 2.45) is 5.92 Å². The summed E-state index contributed by atoms with van der Waals surface area (Å²) in [7, 11) is 0. The third-order valence-electron chi connectivity index (χ3n) is 9.02. The quantitative estimate of drug-likeness (QED) is 0.186. The maximum atomic E-state index is 13.0. The summed E-state index contributed by atoms with van der Waals surface area (Å²) in [5.41, 5.74) is 5.07. The smallest absolute Gasteiger partial charge is 0.271 e. The van der Waals surface area contributed by atoms with Crippen LogP contribution in [0.1, 0.15) is 41.8 Å². The van der Waals surface area contributed by atoms with Crippen LogP contribution in [-0.2, 0) is 4.74 Å². The van der Waals surface area contributed by atoms with Gasteiger partial charge in [-0.25, -0.2) is 4.39 Å². The van der Waals surface area contributed by atoms with Crippen molar-refractivity contribution in [1.82, 2.24) is 14.9 Å². The highest BCUT2D eigenvalue weighted by atomic mass is 32.2. The number of halogens is 1. The molecule has 45 heavy (non-hydrogen) atoms. The van der Waals surface area contributed by atoms with Gasteiger partial charge >= 0.3 is 0 Å². The Labute approximate surface area is 272 Å². The van der Waals surface area contributed by atoms with Crippen LogP contribution in [0.25, 0.3) is 0 Å². The maximum Gasteiger partial charge on any atom is 0.271 e. The largest absolute Gasteiger partial charge is 0.376 e. The summed E-state index contributed by atoms with van der Waals surface area (Å²) in [5, 5.41) is 3.86. The minimum absolute atomic E-state index is 0.0702. The summed E-state index contributed by atoms with van der Waals surface area (Å²) in [5.74, 6) is 0.416. The average Bonchev–Trinajstić information content (AvgIpc) is 3.07. The first-order valence-corrected chi connectivity index (χ1v) is 17.3. The molecule has 2 aromatic heterocycles. The first-order valence-electron chi connectivity index (χ1n) is 15.7. The van der Waals surface area contributed by atoms with Crippen LogP contribution in [0.3, 0.4) is 0 Å². The molecule has 2 fully saturated rings. The Hall–Kier alpha value is -3.31. The van der Waals surface area contributed by atoms with Gasteiger partial charge in [-0.15, -0.1) is 0 Å². The standard InChI is InChI=1S/C35H38FN5O2S2/c1-23-7-9-27(38-21-23)33(24-11-15-40(16-12-24)17-13-36)39-25-8-10-30-32(20-25)44-31-6-2-4-26(34(31)45-30)29-22-41(18-19-43-29)28-5-3-14-37-35(28)42/h2-10,14,20-21,24,29,33,39H,11-13,15-19,22H2,1H3,(H,37,42). The third kappa shape index (κ3) is 6.65. The number of hydrogen-bond acceptors (Lipinski definition) is 8. The lowest BCUT2D eigenvalue weighted by atomic mass is 9.87. The van der Waals surface area contributed by atoms with E-state index in [1.807, 2.05) is 18.3 Å². The first-order chi connectivity index (χ1) is 22.1. The molecule has 10 heteroatoms. The number of alkyl halides is 1. The first kappa shape index (κ1) is 30.3. The number of anilines is 2. The number of aromatic nitrogens is 2. The SMILES string of the molecule is Cc1ccc(C(Nc2ccc3c(c2)Sc2cccc(C4CN(c5ccc[nH]c5=O)CCO4)c2S3)C2CCN(CCF)CC2)nc1. The molecule has 2 N–H and O–H groups in total. The summed E-state index contributed by atoms with van der Waals surface area (Å²) in [4.78, 5) is 29.4. The van der Waals surface area contributed by atoms with Crippen molar-refractivity contribution in [2.45, 2.75) is 51.5 Å². The van der Waals surface area contributed by atoms with Crippen LogP contribution in [0.15, 0.2) is 97.4 Å². The fourth-order valence-electron chi connectivity index (χ4n) is 6.59. The number of aromatic amines is 1. The Morgan fingerprint density at radius 1 is 1.04 bits per heavy atom. The molecule has 0 amide bonds. The molecule has 0 aliphatic carbocycles. The third-order valence-corrected chi connectivity index (χ3v) is 11.6. The molecule has 0 bridgehead atoms. The molecule has 2 aromatic carbocycles. The highest BCUT2D eigenvalue weighted by Crippen LogP contribution is 2.52. The number of H-pyrrole nitrogens is 1. The van der Waals surface area contributed by atoms with Crippen molar-refractivity contribution in [3.8, 4) is 0 Å². The number of ether oxygens (including phenoxy) is 1. The Kier molecular flexibility index (Phi) is 9.16. The fourth-order valence-corrected chi connectivity index (χ4v) is 9.04. The normalized spacial score (nSPS) is 19.5. The molecule has 0 radical (unpaired) electrons. The highest BCUT2D eigenvalue weighted by molar-refractivity contribution is 8.05. The summed E-state index contributed by atoms with van der Waals surface area (Å²) >= 11 is 3.60. The molecular formula is C35H38FN5O2S2. The minimum atomic E-state index is -0.289. The summed E-state index contributed by atoms with van der Waals surface area (Å²) in [6.45, 7) is 6.02. The van der Waals surface area contributed by atoms with E-state index < -0.39 is 0 Å². The van der Waals surface area contributed by atoms with Crippen LogP contribution in [-0.4, -0.2) is 60.9 Å². The Balaban J connectivity index is 1.10. The Morgan fingerprint density at radius 3 is 2.73 bits per heavy atom. The number of pyridine rings is 2. The maximum absolute atomic E-state index is 13.0. The van der Waals surface area contributed by atoms with Gasteiger partial charge in [0.1, 0.15) is 18.5 Å². The monoisotopic (exact) mass is 643 g/mol. The summed E-state index contributed by atoms with van der Waals surface area (Å²) in [6, 6.07) is 21.2. The molecule has 0 spiro atoms. The molecule has 3 aliphatic heterocycles. The van der Waals surface area contributed by atoms with Gasteiger partial charge in [0.25, 0.3) is 5.56 Å². The van der Waals surface area contributed by atoms with Crippen LogP contribution in [0.2, 0.25) is 0 Å². The minimum Gasteiger partial charge on any atom is -0.376 e. The Bertz CT molecular complexity index is 1690. The lowest BCUT2D eigenvalue weighted by molar-refractivity contribution is 0.0378. The predicted octanol–water partition coefficient (Wildman–Crippen LogP) is 7.11. The van der Waals surface area contributed by atoms with Crippen molar-refractivity contribution in [2.75, 3.05) is 56.2 Å². The van der Waals surface area contributed by atoms with E-state index in [1.54, 1.807) is 29.7 Å². The van der Waals surface area contributed by atoms with Gasteiger partial charge in [0.2, 0.25) is 0 Å². The second kappa shape index (κ2) is 13.6. The molecule has 7 nitrogen and oxygen atoms in total. The van der Waals surface area contributed by atoms with E-state index in [-0.39, 0.29) is 24.4 Å². The van der Waals surface area contributed by atoms with Crippen molar-refractivity contribution in [3.63, 3.8) is 0 Å². The molecule has 0 saturated carbocycles. The van der Waals surface area contributed by atoms with Gasteiger partial charge in [0.05, 0.1) is 18.3 Å². The number of hydrogen-bond donors (Lipinski definition) is 2. The second-order valence-electron chi connectivity index (χ2n) is 12.0. The van der Waals surface area contributed by atoms with E-state index in [0.29, 0.717) is 37.8 Å². The molecule has 2 saturated heterocycles. The van der Waals surface area contributed by atoms with Gasteiger partial charge < -0.3 is 24.8 Å². The fraction of sp³-hybridized carbons (Fsp3) is 0.371. The summed E-state index contributed by atoms with van der Waals surface area (Å²) in [6.07, 6.45) is 5.52. The van der Waals surface area contributed by atoms with Crippen LogP contribution >= 0.6 is 23.5 Å². The number of nitrogens with one attached hydrogen (secondary N) is 2. The molecule has 2 unspecified atom stereocenters. The average molecular weight is 644 g/mol. The lowest BCUT2D eigenvalue weighted by Crippen LogP contribution is -2.41. The number of fused-ring (bicyclic) bond motifs is 2. The number of piperidine rings is 1. The number of likely N-dealkylation sites (tertiary alicyclic amines) is 1. The number of nitrogens with zero attached hydrogens (tertiary/aromatic N) is 3. The molecule has 7 rings (SSSR count). The molecule has 4 aromatic rings. The van der Waals surface area contributed by atoms with E-state index in [1.165, 1.54) is 25.1 Å². The number of benzene rings is 2. The van der Waals surface area contributed by atoms with Gasteiger partial charge in [0.15, 0.2) is 0 Å². The van der Waals surface area contributed by atoms with Crippen molar-refractivity contribution in [1.29, 1.82) is 0 Å². The van der Waals surface area contributed by atoms with Crippen LogP contribution in [0.5, 0.6) is 0 Å². The van der Waals surface area contributed by atoms with Crippen molar-refractivity contribution < 1.29 is 9.13 Å². The lowest BCUT2D eigenvalue weighted by Gasteiger charge is -2.36. The number of aryl methyl sites for hydroxylation is 1. The van der Waals surface area contributed by atoms with E-state index >= 15 is 0 Å². The molecule has 234 valence electrons. The van der Waals surface area contributed by atoms with Crippen molar-refractivity contribution in [3.05, 3.63) is 100 Å². The van der Waals surface area contributed by atoms with E-state index in [2.05, 4.69) is 75.6 Å². The second-order valence-corrected chi connectivity index (χ2v) is 14.1. The molecular weight excluding hydrogens is 606 g/mol. The summed E-state index contributed by atoms with van der Waals surface area (Å²) < 4.78 is 19.3. The van der Waals surface area contributed by atoms with Gasteiger partial charge in [-0.2, -0.15) is 0 Å². The highest BCUT2D eigenvalue weighted by Gasteiger charge is 2.31. The molecule has 2 atom stereocenters. The predicted molar refractivity (Wildman–Crippen MR) is 180 cm³/mol. The van der Waals surface area contributed by atoms with E-state index in [0.717, 1.165) is 42.9 Å². The van der Waals surface area contributed by atoms with Gasteiger partial charge in [-0.3, -0.25) is 9.78 Å². The van der Waals surface area contributed by atoms with Crippen LogP contribution < -0.4 is 15.8 Å². The van der Waals surface area contributed by atoms with Gasteiger partial charge in [0, 0.05) is 57.3 Å². The van der Waals surface area contributed by atoms with Crippen LogP contribution in [0, 0.1) is 12.8 Å². The van der Waals surface area contributed by atoms with Gasteiger partial charge in [-0.05, 0) is 92.4 Å². The van der Waals surface area contributed by atoms with Crippen molar-refractivity contribution >= 4 is 34.9 Å². The zero-order valence-electron chi connectivity index (χ0n) is 25.4. The van der Waals surface area contributed by atoms with E-state index in [9.17, 15) is 9.18 Å². The van der Waals surface area contributed by atoms with Crippen LogP contribution in [0.4, 0.5) is 15.8 Å². The zero-order valence-corrected chi connectivity index (χ0v) is 27.0. The molecule has 5 heterocycles. The van der Waals surface area contributed by atoms with Gasteiger partial charge in [-0.1, -0.05) is 41.7 Å². The number of morpholine rings is 1. The molecule has 3 aliphatic rings. The zero-order chi connectivity index (χ0) is 30.8. The van der Waals surface area contributed by atoms with E-state index in [4.69, 9.17) is 9.72 Å². The Morgan fingerprint density at radius 2 is 1.93 bits per heavy atom. The topological polar surface area (TPSA) is 73.5 Å². The number of rotatable bonds is 8.